The maximum Gasteiger partial charge on any atom is 0.273 e. The Morgan fingerprint density at radius 2 is 2.00 bits per heavy atom. The van der Waals surface area contributed by atoms with Crippen molar-refractivity contribution in [3.8, 4) is 5.75 Å². The Bertz CT molecular complexity index is 686. The molecule has 0 spiro atoms. The summed E-state index contributed by atoms with van der Waals surface area (Å²) in [6, 6.07) is 3.42. The Kier molecular flexibility index (Phi) is 7.15. The Hall–Kier alpha value is -1.71. The van der Waals surface area contributed by atoms with Crippen LogP contribution in [0.1, 0.15) is 38.5 Å². The van der Waals surface area contributed by atoms with Gasteiger partial charge in [0.1, 0.15) is 10.6 Å². The number of nitrogens with zero attached hydrogens (tertiary/aromatic N) is 1. The summed E-state index contributed by atoms with van der Waals surface area (Å²) < 4.78 is 37.9. The Morgan fingerprint density at radius 1 is 1.28 bits per heavy atom. The highest BCUT2D eigenvalue weighted by Crippen LogP contribution is 2.28. The Labute approximate surface area is 147 Å². The SMILES string of the molecule is COc1cc([N+](=O)[O-])ccc1S(=O)(=O)NCCCOC1CCCCC1. The second-order valence-electron chi connectivity index (χ2n) is 5.97. The molecule has 1 N–H and O–H groups in total. The van der Waals surface area contributed by atoms with Gasteiger partial charge < -0.3 is 9.47 Å². The maximum atomic E-state index is 12.4. The molecule has 1 fully saturated rings. The molecule has 1 aliphatic carbocycles. The number of hydrogen-bond acceptors (Lipinski definition) is 6. The molecule has 2 rings (SSSR count). The smallest absolute Gasteiger partial charge is 0.273 e. The zero-order valence-electron chi connectivity index (χ0n) is 14.3. The summed E-state index contributed by atoms with van der Waals surface area (Å²) in [4.78, 5) is 10.1. The minimum absolute atomic E-state index is 0.0554. The van der Waals surface area contributed by atoms with E-state index in [1.807, 2.05) is 0 Å². The molecule has 0 aliphatic heterocycles. The third kappa shape index (κ3) is 5.65. The lowest BCUT2D eigenvalue weighted by molar-refractivity contribution is -0.385. The normalized spacial score (nSPS) is 15.9. The van der Waals surface area contributed by atoms with Crippen LogP contribution >= 0.6 is 0 Å². The topological polar surface area (TPSA) is 108 Å². The van der Waals surface area contributed by atoms with Gasteiger partial charge in [-0.3, -0.25) is 10.1 Å². The van der Waals surface area contributed by atoms with E-state index in [0.29, 0.717) is 19.1 Å². The zero-order chi connectivity index (χ0) is 18.3. The van der Waals surface area contributed by atoms with Crippen LogP contribution in [-0.2, 0) is 14.8 Å². The predicted molar refractivity (Wildman–Crippen MR) is 92.3 cm³/mol. The fourth-order valence-corrected chi connectivity index (χ4v) is 4.05. The number of benzene rings is 1. The largest absolute Gasteiger partial charge is 0.495 e. The van der Waals surface area contributed by atoms with E-state index in [4.69, 9.17) is 9.47 Å². The molecule has 0 unspecified atom stereocenters. The van der Waals surface area contributed by atoms with E-state index in [-0.39, 0.29) is 22.9 Å². The number of nitro groups is 1. The minimum Gasteiger partial charge on any atom is -0.495 e. The summed E-state index contributed by atoms with van der Waals surface area (Å²) in [6.45, 7) is 0.736. The van der Waals surface area contributed by atoms with Crippen LogP contribution < -0.4 is 9.46 Å². The van der Waals surface area contributed by atoms with E-state index < -0.39 is 14.9 Å². The first-order valence-electron chi connectivity index (χ1n) is 8.38. The van der Waals surface area contributed by atoms with Gasteiger partial charge in [-0.2, -0.15) is 0 Å². The second kappa shape index (κ2) is 9.12. The molecule has 1 aromatic rings. The fourth-order valence-electron chi connectivity index (χ4n) is 2.83. The lowest BCUT2D eigenvalue weighted by Gasteiger charge is -2.21. The minimum atomic E-state index is -3.80. The molecule has 8 nitrogen and oxygen atoms in total. The van der Waals surface area contributed by atoms with E-state index in [1.54, 1.807) is 0 Å². The molecule has 0 amide bonds. The molecular weight excluding hydrogens is 348 g/mol. The van der Waals surface area contributed by atoms with Gasteiger partial charge in [-0.25, -0.2) is 13.1 Å². The average Bonchev–Trinajstić information content (AvgIpc) is 2.61. The Balaban J connectivity index is 1.87. The summed E-state index contributed by atoms with van der Waals surface area (Å²) in [7, 11) is -2.53. The van der Waals surface area contributed by atoms with Crippen molar-refractivity contribution < 1.29 is 22.8 Å². The number of sulfonamides is 1. The van der Waals surface area contributed by atoms with Crippen molar-refractivity contribution in [2.24, 2.45) is 0 Å². The van der Waals surface area contributed by atoms with Crippen LogP contribution in [0, 0.1) is 10.1 Å². The molecule has 0 atom stereocenters. The van der Waals surface area contributed by atoms with Crippen LogP contribution in [0.2, 0.25) is 0 Å². The van der Waals surface area contributed by atoms with Gasteiger partial charge in [0.05, 0.1) is 24.2 Å². The van der Waals surface area contributed by atoms with E-state index in [2.05, 4.69) is 4.72 Å². The first-order chi connectivity index (χ1) is 11.9. The van der Waals surface area contributed by atoms with Gasteiger partial charge in [-0.15, -0.1) is 0 Å². The number of nitrogens with one attached hydrogen (secondary N) is 1. The molecule has 1 aliphatic rings. The second-order valence-corrected chi connectivity index (χ2v) is 7.71. The van der Waals surface area contributed by atoms with Crippen LogP contribution in [0.3, 0.4) is 0 Å². The van der Waals surface area contributed by atoms with Crippen molar-refractivity contribution in [3.63, 3.8) is 0 Å². The number of ether oxygens (including phenoxy) is 2. The number of methoxy groups -OCH3 is 1. The van der Waals surface area contributed by atoms with Gasteiger partial charge in [0.25, 0.3) is 5.69 Å². The number of hydrogen-bond donors (Lipinski definition) is 1. The van der Waals surface area contributed by atoms with Crippen LogP contribution in [0.25, 0.3) is 0 Å². The number of nitro benzene ring substituents is 1. The quantitative estimate of drug-likeness (QED) is 0.405. The molecule has 140 valence electrons. The summed E-state index contributed by atoms with van der Waals surface area (Å²) >= 11 is 0. The van der Waals surface area contributed by atoms with Gasteiger partial charge >= 0.3 is 0 Å². The zero-order valence-corrected chi connectivity index (χ0v) is 15.1. The van der Waals surface area contributed by atoms with Crippen LogP contribution in [0.5, 0.6) is 5.75 Å². The summed E-state index contributed by atoms with van der Waals surface area (Å²) in [5.74, 6) is -0.0554. The van der Waals surface area contributed by atoms with Crippen LogP contribution in [0.4, 0.5) is 5.69 Å². The highest BCUT2D eigenvalue weighted by molar-refractivity contribution is 7.89. The first-order valence-corrected chi connectivity index (χ1v) is 9.86. The van der Waals surface area contributed by atoms with E-state index >= 15 is 0 Å². The maximum absolute atomic E-state index is 12.4. The first kappa shape index (κ1) is 19.6. The lowest BCUT2D eigenvalue weighted by atomic mass is 9.98. The van der Waals surface area contributed by atoms with E-state index in [0.717, 1.165) is 25.0 Å². The molecule has 0 aromatic heterocycles. The standard InChI is InChI=1S/C16H24N2O6S/c1-23-15-12-13(18(19)20)8-9-16(15)25(21,22)17-10-5-11-24-14-6-3-2-4-7-14/h8-9,12,14,17H,2-7,10-11H2,1H3. The van der Waals surface area contributed by atoms with Crippen molar-refractivity contribution in [1.29, 1.82) is 0 Å². The molecule has 9 heteroatoms. The predicted octanol–water partition coefficient (Wildman–Crippen LogP) is 2.62. The molecule has 1 aromatic carbocycles. The lowest BCUT2D eigenvalue weighted by Crippen LogP contribution is -2.27. The van der Waals surface area contributed by atoms with Gasteiger partial charge in [0.15, 0.2) is 0 Å². The van der Waals surface area contributed by atoms with Gasteiger partial charge in [-0.05, 0) is 25.3 Å². The number of rotatable bonds is 9. The van der Waals surface area contributed by atoms with Crippen molar-refractivity contribution in [2.75, 3.05) is 20.3 Å². The van der Waals surface area contributed by atoms with Crippen molar-refractivity contribution in [2.45, 2.75) is 49.5 Å². The van der Waals surface area contributed by atoms with Gasteiger partial charge in [0, 0.05) is 19.2 Å². The number of non-ortho nitro benzene ring substituents is 1. The van der Waals surface area contributed by atoms with E-state index in [9.17, 15) is 18.5 Å². The molecule has 0 bridgehead atoms. The third-order valence-corrected chi connectivity index (χ3v) is 5.67. The van der Waals surface area contributed by atoms with Crippen LogP contribution in [-0.4, -0.2) is 39.7 Å². The molecule has 25 heavy (non-hydrogen) atoms. The van der Waals surface area contributed by atoms with Crippen molar-refractivity contribution in [3.05, 3.63) is 28.3 Å². The fraction of sp³-hybridized carbons (Fsp3) is 0.625. The van der Waals surface area contributed by atoms with Gasteiger partial charge in [0.2, 0.25) is 10.0 Å². The summed E-state index contributed by atoms with van der Waals surface area (Å²) in [5, 5.41) is 10.8. The average molecular weight is 372 g/mol. The van der Waals surface area contributed by atoms with Gasteiger partial charge in [-0.1, -0.05) is 19.3 Å². The third-order valence-electron chi connectivity index (χ3n) is 4.17. The Morgan fingerprint density at radius 3 is 2.64 bits per heavy atom. The van der Waals surface area contributed by atoms with Crippen LogP contribution in [0.15, 0.2) is 23.1 Å². The molecule has 1 saturated carbocycles. The molecular formula is C16H24N2O6S. The molecule has 0 heterocycles. The highest BCUT2D eigenvalue weighted by Gasteiger charge is 2.22. The summed E-state index contributed by atoms with van der Waals surface area (Å²) in [6.07, 6.45) is 6.65. The monoisotopic (exact) mass is 372 g/mol. The molecule has 0 saturated heterocycles. The highest BCUT2D eigenvalue weighted by atomic mass is 32.2. The van der Waals surface area contributed by atoms with E-state index in [1.165, 1.54) is 32.4 Å². The molecule has 0 radical (unpaired) electrons. The summed E-state index contributed by atoms with van der Waals surface area (Å²) in [5.41, 5.74) is -0.225. The van der Waals surface area contributed by atoms with Crippen molar-refractivity contribution in [1.82, 2.24) is 4.72 Å². The van der Waals surface area contributed by atoms with Crippen molar-refractivity contribution >= 4 is 15.7 Å².